The van der Waals surface area contributed by atoms with E-state index >= 15 is 0 Å². The second-order valence-corrected chi connectivity index (χ2v) is 5.08. The zero-order chi connectivity index (χ0) is 9.23. The molecule has 0 saturated heterocycles. The predicted molar refractivity (Wildman–Crippen MR) is 51.4 cm³/mol. The van der Waals surface area contributed by atoms with Gasteiger partial charge < -0.3 is 5.11 Å². The zero-order valence-corrected chi connectivity index (χ0v) is 9.48. The van der Waals surface area contributed by atoms with E-state index in [2.05, 4.69) is 0 Å². The average Bonchev–Trinajstić information content (AvgIpc) is 1.84. The van der Waals surface area contributed by atoms with Gasteiger partial charge in [-0.3, -0.25) is 0 Å². The van der Waals surface area contributed by atoms with Gasteiger partial charge in [0.05, 0.1) is 0 Å². The van der Waals surface area contributed by atoms with Crippen LogP contribution in [0.15, 0.2) is 0 Å². The molecule has 0 heterocycles. The van der Waals surface area contributed by atoms with Crippen molar-refractivity contribution in [3.63, 3.8) is 0 Å². The fourth-order valence-corrected chi connectivity index (χ4v) is 2.57. The Morgan fingerprint density at radius 1 is 0.727 bits per heavy atom. The van der Waals surface area contributed by atoms with Crippen LogP contribution >= 0.6 is 69.6 Å². The molecule has 1 nitrogen and oxygen atoms in total. The standard InChI is InChI=1S/C4H4Cl6O/c5-1(6)4(11,2(7)8)3(9)10/h1-3,11H. The van der Waals surface area contributed by atoms with Gasteiger partial charge in [-0.1, -0.05) is 0 Å². The number of halogens is 6. The molecule has 0 rings (SSSR count). The summed E-state index contributed by atoms with van der Waals surface area (Å²) in [5, 5.41) is 9.45. The van der Waals surface area contributed by atoms with Gasteiger partial charge in [-0.05, 0) is 0 Å². The molecule has 0 aromatic carbocycles. The molecule has 0 aliphatic heterocycles. The number of rotatable bonds is 3. The molecule has 0 aliphatic rings. The maximum Gasteiger partial charge on any atom is 0.155 e. The maximum atomic E-state index is 9.45. The van der Waals surface area contributed by atoms with E-state index in [0.717, 1.165) is 0 Å². The Balaban J connectivity index is 4.53. The first-order valence-corrected chi connectivity index (χ1v) is 5.02. The van der Waals surface area contributed by atoms with Crippen LogP contribution in [0.2, 0.25) is 0 Å². The SMILES string of the molecule is OC(C(Cl)Cl)(C(Cl)Cl)C(Cl)Cl. The van der Waals surface area contributed by atoms with E-state index in [1.165, 1.54) is 0 Å². The van der Waals surface area contributed by atoms with Crippen LogP contribution in [0.5, 0.6) is 0 Å². The summed E-state index contributed by atoms with van der Waals surface area (Å²) in [7, 11) is 0. The highest BCUT2D eigenvalue weighted by Crippen LogP contribution is 2.37. The normalized spacial score (nSPS) is 13.6. The average molecular weight is 281 g/mol. The van der Waals surface area contributed by atoms with Gasteiger partial charge in [0.2, 0.25) is 0 Å². The summed E-state index contributed by atoms with van der Waals surface area (Å²) in [6.45, 7) is 0. The van der Waals surface area contributed by atoms with Crippen molar-refractivity contribution in [3.8, 4) is 0 Å². The zero-order valence-electron chi connectivity index (χ0n) is 4.95. The molecule has 68 valence electrons. The lowest BCUT2D eigenvalue weighted by atomic mass is 10.2. The second kappa shape index (κ2) is 4.80. The van der Waals surface area contributed by atoms with Gasteiger partial charge in [0.25, 0.3) is 0 Å². The monoisotopic (exact) mass is 278 g/mol. The number of alkyl halides is 6. The quantitative estimate of drug-likeness (QED) is 0.788. The van der Waals surface area contributed by atoms with Crippen molar-refractivity contribution >= 4 is 69.6 Å². The summed E-state index contributed by atoms with van der Waals surface area (Å²) in [5.41, 5.74) is -1.91. The minimum Gasteiger partial charge on any atom is -0.381 e. The highest BCUT2D eigenvalue weighted by molar-refractivity contribution is 6.53. The van der Waals surface area contributed by atoms with Crippen LogP contribution in [-0.2, 0) is 0 Å². The van der Waals surface area contributed by atoms with E-state index < -0.39 is 20.1 Å². The van der Waals surface area contributed by atoms with E-state index in [9.17, 15) is 5.11 Å². The fraction of sp³-hybridized carbons (Fsp3) is 1.00. The third-order valence-electron chi connectivity index (χ3n) is 1.05. The summed E-state index contributed by atoms with van der Waals surface area (Å²) in [6, 6.07) is 0. The molecule has 1 N–H and O–H groups in total. The Hall–Kier alpha value is 1.70. The first kappa shape index (κ1) is 12.7. The van der Waals surface area contributed by atoms with Crippen LogP contribution in [0, 0.1) is 0 Å². The number of hydrogen-bond acceptors (Lipinski definition) is 1. The highest BCUT2D eigenvalue weighted by atomic mass is 35.5. The van der Waals surface area contributed by atoms with Crippen molar-refractivity contribution < 1.29 is 5.11 Å². The molecule has 0 aromatic rings. The Bertz CT molecular complexity index is 102. The van der Waals surface area contributed by atoms with E-state index in [-0.39, 0.29) is 0 Å². The van der Waals surface area contributed by atoms with Gasteiger partial charge >= 0.3 is 0 Å². The molecule has 0 bridgehead atoms. The molecule has 0 atom stereocenters. The molecule has 7 heteroatoms. The molecule has 0 aliphatic carbocycles. The fourth-order valence-electron chi connectivity index (χ4n) is 0.286. The molecule has 0 radical (unpaired) electrons. The van der Waals surface area contributed by atoms with Crippen molar-refractivity contribution in [2.75, 3.05) is 0 Å². The van der Waals surface area contributed by atoms with Gasteiger partial charge in [0.1, 0.15) is 14.5 Å². The molecular formula is C4H4Cl6O. The third kappa shape index (κ3) is 2.84. The van der Waals surface area contributed by atoms with Gasteiger partial charge in [0.15, 0.2) is 5.60 Å². The van der Waals surface area contributed by atoms with Crippen molar-refractivity contribution in [2.24, 2.45) is 0 Å². The summed E-state index contributed by atoms with van der Waals surface area (Å²) in [4.78, 5) is -3.74. The molecule has 0 spiro atoms. The van der Waals surface area contributed by atoms with Gasteiger partial charge in [-0.2, -0.15) is 0 Å². The topological polar surface area (TPSA) is 20.2 Å². The minimum atomic E-state index is -1.91. The van der Waals surface area contributed by atoms with Crippen LogP contribution in [-0.4, -0.2) is 25.2 Å². The van der Waals surface area contributed by atoms with E-state index in [0.29, 0.717) is 0 Å². The lowest BCUT2D eigenvalue weighted by Crippen LogP contribution is -2.48. The first-order chi connectivity index (χ1) is 4.83. The van der Waals surface area contributed by atoms with Crippen LogP contribution < -0.4 is 0 Å². The van der Waals surface area contributed by atoms with Gasteiger partial charge in [-0.15, -0.1) is 69.6 Å². The molecule has 0 unspecified atom stereocenters. The van der Waals surface area contributed by atoms with Crippen molar-refractivity contribution in [2.45, 2.75) is 20.1 Å². The Labute approximate surface area is 94.4 Å². The van der Waals surface area contributed by atoms with Crippen LogP contribution in [0.3, 0.4) is 0 Å². The van der Waals surface area contributed by atoms with Crippen LogP contribution in [0.4, 0.5) is 0 Å². The Morgan fingerprint density at radius 3 is 0.909 bits per heavy atom. The molecule has 0 amide bonds. The smallest absolute Gasteiger partial charge is 0.155 e. The van der Waals surface area contributed by atoms with Crippen LogP contribution in [0.25, 0.3) is 0 Å². The number of aliphatic hydroxyl groups is 1. The lowest BCUT2D eigenvalue weighted by Gasteiger charge is -2.31. The molecule has 11 heavy (non-hydrogen) atoms. The van der Waals surface area contributed by atoms with E-state index in [1.54, 1.807) is 0 Å². The van der Waals surface area contributed by atoms with Crippen LogP contribution in [0.1, 0.15) is 0 Å². The summed E-state index contributed by atoms with van der Waals surface area (Å²) in [6.07, 6.45) is 0. The first-order valence-electron chi connectivity index (χ1n) is 2.40. The maximum absolute atomic E-state index is 9.45. The van der Waals surface area contributed by atoms with Gasteiger partial charge in [0, 0.05) is 0 Å². The van der Waals surface area contributed by atoms with E-state index in [4.69, 9.17) is 69.6 Å². The predicted octanol–water partition coefficient (Wildman–Crippen LogP) is 3.13. The molecule has 0 aromatic heterocycles. The van der Waals surface area contributed by atoms with Crippen molar-refractivity contribution in [3.05, 3.63) is 0 Å². The summed E-state index contributed by atoms with van der Waals surface area (Å²) in [5.74, 6) is 0. The molecule has 0 saturated carbocycles. The largest absolute Gasteiger partial charge is 0.381 e. The Morgan fingerprint density at radius 2 is 0.909 bits per heavy atom. The molecule has 0 fully saturated rings. The lowest BCUT2D eigenvalue weighted by molar-refractivity contribution is 0.0825. The molecular weight excluding hydrogens is 277 g/mol. The summed E-state index contributed by atoms with van der Waals surface area (Å²) < 4.78 is 0. The highest BCUT2D eigenvalue weighted by Gasteiger charge is 2.46. The number of hydrogen-bond donors (Lipinski definition) is 1. The minimum absolute atomic E-state index is 1.25. The van der Waals surface area contributed by atoms with Gasteiger partial charge in [-0.25, -0.2) is 0 Å². The second-order valence-electron chi connectivity index (χ2n) is 1.79. The van der Waals surface area contributed by atoms with Crippen molar-refractivity contribution in [1.82, 2.24) is 0 Å². The third-order valence-corrected chi connectivity index (χ3v) is 3.15. The van der Waals surface area contributed by atoms with E-state index in [1.807, 2.05) is 0 Å². The summed E-state index contributed by atoms with van der Waals surface area (Å²) >= 11 is 32.1. The Kier molecular flexibility index (Phi) is 5.55. The van der Waals surface area contributed by atoms with Crippen molar-refractivity contribution in [1.29, 1.82) is 0 Å².